The molecule has 0 spiro atoms. The predicted octanol–water partition coefficient (Wildman–Crippen LogP) is 9.27. The van der Waals surface area contributed by atoms with Crippen molar-refractivity contribution in [2.45, 2.75) is 173 Å². The summed E-state index contributed by atoms with van der Waals surface area (Å²) in [6, 6.07) is 0. The quantitative estimate of drug-likeness (QED) is 0.0127. The lowest BCUT2D eigenvalue weighted by Crippen LogP contribution is -2.25. The first kappa shape index (κ1) is 58.0. The number of allylic oxidation sites excluding steroid dienone is 8. The molecule has 0 saturated heterocycles. The number of unbranched alkanes of at least 4 members (excludes halogenated alkanes) is 15. The molecule has 60 heavy (non-hydrogen) atoms. The number of hydrogen-bond donors (Lipinski definition) is 5. The fourth-order valence-corrected chi connectivity index (χ4v) is 6.90. The van der Waals surface area contributed by atoms with E-state index < -0.39 is 85.5 Å². The van der Waals surface area contributed by atoms with E-state index in [1.165, 1.54) is 57.8 Å². The number of hydrogen-bond acceptors (Lipinski definition) is 13. The Kier molecular flexibility index (Phi) is 38.5. The lowest BCUT2D eigenvalue weighted by molar-refractivity contribution is -0.148. The Balaban J connectivity index is 3.98. The molecule has 0 radical (unpaired) electrons. The summed E-state index contributed by atoms with van der Waals surface area (Å²) in [5, 5.41) is 29.9. The van der Waals surface area contributed by atoms with E-state index in [-0.39, 0.29) is 12.8 Å². The molecule has 0 aromatic carbocycles. The van der Waals surface area contributed by atoms with E-state index in [0.29, 0.717) is 12.8 Å². The molecule has 0 aliphatic heterocycles. The van der Waals surface area contributed by atoms with E-state index in [4.69, 9.17) is 9.47 Å². The number of aliphatic hydroxyl groups is 3. The van der Waals surface area contributed by atoms with Crippen LogP contribution in [0.1, 0.15) is 155 Å². The number of phosphoric ester groups is 2. The van der Waals surface area contributed by atoms with Crippen molar-refractivity contribution in [1.82, 2.24) is 0 Å². The van der Waals surface area contributed by atoms with Crippen molar-refractivity contribution in [3.63, 3.8) is 0 Å². The molecular weight excluding hydrogens is 818 g/mol. The molecule has 0 saturated carbocycles. The van der Waals surface area contributed by atoms with E-state index in [2.05, 4.69) is 68.4 Å². The number of esters is 2. The van der Waals surface area contributed by atoms with Gasteiger partial charge in [-0.1, -0.05) is 133 Å². The molecular formula is C43H78O15P2. The van der Waals surface area contributed by atoms with Crippen molar-refractivity contribution >= 4 is 27.6 Å². The van der Waals surface area contributed by atoms with Crippen LogP contribution in [0.25, 0.3) is 0 Å². The molecule has 5 N–H and O–H groups in total. The van der Waals surface area contributed by atoms with Crippen LogP contribution in [0.5, 0.6) is 0 Å². The predicted molar refractivity (Wildman–Crippen MR) is 233 cm³/mol. The third kappa shape index (κ3) is 41.4. The minimum atomic E-state index is -4.79. The van der Waals surface area contributed by atoms with E-state index in [1.807, 2.05) is 12.2 Å². The van der Waals surface area contributed by atoms with Crippen LogP contribution >= 0.6 is 15.6 Å². The largest absolute Gasteiger partial charge is 0.472 e. The summed E-state index contributed by atoms with van der Waals surface area (Å²) in [4.78, 5) is 43.6. The molecule has 0 aliphatic carbocycles. The number of carbonyl (C=O) groups is 2. The first-order valence-corrected chi connectivity index (χ1v) is 25.0. The standard InChI is InChI=1S/C43H78O15P2/c1-3-5-7-9-11-13-15-17-18-20-22-24-26-28-30-32-43(48)54-34-40(45)36-56-60(51,52)58-38-41(46)37-57-59(49,50)55-35-39(44)33-53-42(47)31-29-27-25-23-21-19-16-14-12-10-8-6-4-2/h11,13,15,17,19,21,25,27,39-41,44-46H,3-10,12,14,16,18,20,22-24,26,28-38H2,1-2H3,(H,49,50)(H,51,52)/b13-11+,17-15+,21-19-,27-25+. The van der Waals surface area contributed by atoms with Crippen LogP contribution < -0.4 is 0 Å². The zero-order valence-corrected chi connectivity index (χ0v) is 38.2. The Morgan fingerprint density at radius 3 is 1.28 bits per heavy atom. The molecule has 0 aliphatic rings. The summed E-state index contributed by atoms with van der Waals surface area (Å²) < 4.78 is 52.8. The summed E-state index contributed by atoms with van der Waals surface area (Å²) in [6.45, 7) is 0.275. The van der Waals surface area contributed by atoms with Crippen LogP contribution in [0.4, 0.5) is 0 Å². The van der Waals surface area contributed by atoms with Gasteiger partial charge in [-0.05, 0) is 57.8 Å². The van der Waals surface area contributed by atoms with Crippen molar-refractivity contribution in [3.05, 3.63) is 48.6 Å². The van der Waals surface area contributed by atoms with Gasteiger partial charge in [0, 0.05) is 12.8 Å². The van der Waals surface area contributed by atoms with Gasteiger partial charge in [0.1, 0.15) is 31.5 Å². The van der Waals surface area contributed by atoms with E-state index in [0.717, 1.165) is 57.8 Å². The van der Waals surface area contributed by atoms with Crippen LogP contribution in [0, 0.1) is 0 Å². The van der Waals surface area contributed by atoms with Gasteiger partial charge in [-0.3, -0.25) is 27.7 Å². The van der Waals surface area contributed by atoms with Crippen LogP contribution in [0.15, 0.2) is 48.6 Å². The van der Waals surface area contributed by atoms with Gasteiger partial charge in [-0.15, -0.1) is 0 Å². The average Bonchev–Trinajstić information content (AvgIpc) is 3.22. The number of rotatable bonds is 42. The number of aliphatic hydroxyl groups excluding tert-OH is 3. The highest BCUT2D eigenvalue weighted by molar-refractivity contribution is 7.47. The third-order valence-electron chi connectivity index (χ3n) is 8.80. The maximum atomic E-state index is 12.1. The SMILES string of the molecule is CCCCC/C=C/C=C/CCCCCCCCC(=O)OCC(O)COP(=O)(O)OCC(O)COP(=O)(O)OCC(O)COC(=O)CC/C=C/C/C=C\CCCCCCCC. The van der Waals surface area contributed by atoms with E-state index in [1.54, 1.807) is 0 Å². The summed E-state index contributed by atoms with van der Waals surface area (Å²) in [6.07, 6.45) is 34.1. The molecule has 0 fully saturated rings. The lowest BCUT2D eigenvalue weighted by Gasteiger charge is -2.19. The van der Waals surface area contributed by atoms with E-state index in [9.17, 15) is 43.8 Å². The van der Waals surface area contributed by atoms with Crippen LogP contribution in [0.2, 0.25) is 0 Å². The molecule has 0 aromatic rings. The fraction of sp³-hybridized carbons (Fsp3) is 0.767. The Hall–Kier alpha value is -2.00. The second-order valence-corrected chi connectivity index (χ2v) is 17.6. The Bertz CT molecular complexity index is 1270. The highest BCUT2D eigenvalue weighted by Crippen LogP contribution is 2.45. The fourth-order valence-electron chi connectivity index (χ4n) is 5.31. The molecule has 0 aromatic heterocycles. The highest BCUT2D eigenvalue weighted by Gasteiger charge is 2.28. The molecule has 0 bridgehead atoms. The summed E-state index contributed by atoms with van der Waals surface area (Å²) >= 11 is 0. The minimum Gasteiger partial charge on any atom is -0.463 e. The molecule has 5 atom stereocenters. The summed E-state index contributed by atoms with van der Waals surface area (Å²) in [5.74, 6) is -1.08. The van der Waals surface area contributed by atoms with Gasteiger partial charge < -0.3 is 34.6 Å². The van der Waals surface area contributed by atoms with Crippen molar-refractivity contribution < 1.29 is 71.4 Å². The molecule has 5 unspecified atom stereocenters. The van der Waals surface area contributed by atoms with Gasteiger partial charge in [0.15, 0.2) is 0 Å². The first-order valence-electron chi connectivity index (χ1n) is 22.0. The van der Waals surface area contributed by atoms with Crippen molar-refractivity contribution in [2.24, 2.45) is 0 Å². The van der Waals surface area contributed by atoms with Crippen molar-refractivity contribution in [2.75, 3.05) is 39.6 Å². The first-order chi connectivity index (χ1) is 28.8. The maximum Gasteiger partial charge on any atom is 0.472 e. The monoisotopic (exact) mass is 896 g/mol. The second kappa shape index (κ2) is 39.8. The molecule has 0 amide bonds. The van der Waals surface area contributed by atoms with Crippen LogP contribution in [0.3, 0.4) is 0 Å². The van der Waals surface area contributed by atoms with Gasteiger partial charge >= 0.3 is 27.6 Å². The van der Waals surface area contributed by atoms with Crippen LogP contribution in [-0.4, -0.2) is 95.0 Å². The zero-order chi connectivity index (χ0) is 44.6. The summed E-state index contributed by atoms with van der Waals surface area (Å²) in [7, 11) is -9.58. The van der Waals surface area contributed by atoms with Gasteiger partial charge in [0.05, 0.1) is 26.4 Å². The average molecular weight is 897 g/mol. The topological polar surface area (TPSA) is 225 Å². The van der Waals surface area contributed by atoms with Crippen molar-refractivity contribution in [1.29, 1.82) is 0 Å². The van der Waals surface area contributed by atoms with Gasteiger partial charge in [-0.2, -0.15) is 0 Å². The highest BCUT2D eigenvalue weighted by atomic mass is 31.2. The number of phosphoric acid groups is 2. The minimum absolute atomic E-state index is 0.0897. The Labute approximate surface area is 359 Å². The molecule has 15 nitrogen and oxygen atoms in total. The van der Waals surface area contributed by atoms with Gasteiger partial charge in [0.25, 0.3) is 0 Å². The maximum absolute atomic E-state index is 12.1. The number of ether oxygens (including phenoxy) is 2. The van der Waals surface area contributed by atoms with Crippen LogP contribution in [-0.2, 0) is 46.3 Å². The van der Waals surface area contributed by atoms with Gasteiger partial charge in [0.2, 0.25) is 0 Å². The van der Waals surface area contributed by atoms with Crippen molar-refractivity contribution in [3.8, 4) is 0 Å². The smallest absolute Gasteiger partial charge is 0.463 e. The molecule has 0 heterocycles. The zero-order valence-electron chi connectivity index (χ0n) is 36.4. The third-order valence-corrected chi connectivity index (χ3v) is 10.7. The summed E-state index contributed by atoms with van der Waals surface area (Å²) in [5.41, 5.74) is 0. The Morgan fingerprint density at radius 1 is 0.450 bits per heavy atom. The Morgan fingerprint density at radius 2 is 0.800 bits per heavy atom. The molecule has 350 valence electrons. The number of carbonyl (C=O) groups excluding carboxylic acids is 2. The van der Waals surface area contributed by atoms with E-state index >= 15 is 0 Å². The molecule has 0 rings (SSSR count). The van der Waals surface area contributed by atoms with Gasteiger partial charge in [-0.25, -0.2) is 9.13 Å². The second-order valence-electron chi connectivity index (χ2n) is 14.7. The molecule has 17 heteroatoms. The normalized spacial score (nSPS) is 15.8. The lowest BCUT2D eigenvalue weighted by atomic mass is 10.1.